The number of rotatable bonds is 6. The van der Waals surface area contributed by atoms with Crippen molar-refractivity contribution in [3.05, 3.63) is 0 Å². The first-order valence-corrected chi connectivity index (χ1v) is 9.84. The molecule has 1 amide bonds. The summed E-state index contributed by atoms with van der Waals surface area (Å²) < 4.78 is 32.9. The van der Waals surface area contributed by atoms with Crippen molar-refractivity contribution < 1.29 is 32.7 Å². The number of alkyl carbamates (subject to hydrolysis) is 1. The second-order valence-electron chi connectivity index (χ2n) is 8.16. The molecule has 8 nitrogen and oxygen atoms in total. The van der Waals surface area contributed by atoms with Gasteiger partial charge in [0.05, 0.1) is 6.16 Å². The summed E-state index contributed by atoms with van der Waals surface area (Å²) >= 11 is 0. The van der Waals surface area contributed by atoms with Gasteiger partial charge in [-0.1, -0.05) is 0 Å². The van der Waals surface area contributed by atoms with Crippen molar-refractivity contribution in [1.29, 1.82) is 0 Å². The van der Waals surface area contributed by atoms with Crippen LogP contribution in [0.4, 0.5) is 4.79 Å². The van der Waals surface area contributed by atoms with Crippen LogP contribution in [0.15, 0.2) is 0 Å². The van der Waals surface area contributed by atoms with Crippen LogP contribution in [0.25, 0.3) is 0 Å². The second-order valence-corrected chi connectivity index (χ2v) is 10.5. The average molecular weight is 379 g/mol. The van der Waals surface area contributed by atoms with Crippen molar-refractivity contribution in [1.82, 2.24) is 5.32 Å². The Hall–Kier alpha value is -1.11. The first-order chi connectivity index (χ1) is 11.2. The van der Waals surface area contributed by atoms with Gasteiger partial charge in [0, 0.05) is 20.1 Å². The summed E-state index contributed by atoms with van der Waals surface area (Å²) in [6.45, 7) is 10.4. The minimum atomic E-state index is -3.33. The fourth-order valence-electron chi connectivity index (χ4n) is 2.35. The fourth-order valence-corrected chi connectivity index (χ4v) is 3.78. The third kappa shape index (κ3) is 6.28. The Morgan fingerprint density at radius 1 is 1.04 bits per heavy atom. The molecule has 1 saturated carbocycles. The summed E-state index contributed by atoms with van der Waals surface area (Å²) in [5, 5.41) is 2.60. The average Bonchev–Trinajstić information content (AvgIpc) is 3.07. The monoisotopic (exact) mass is 379 g/mol. The maximum atomic E-state index is 12.7. The molecule has 146 valence electrons. The van der Waals surface area contributed by atoms with E-state index < -0.39 is 42.3 Å². The molecular weight excluding hydrogens is 349 g/mol. The Bertz CT molecular complexity index is 556. The molecule has 1 rings (SSSR count). The van der Waals surface area contributed by atoms with E-state index in [1.807, 2.05) is 0 Å². The molecule has 0 bridgehead atoms. The number of nitrogens with one attached hydrogen (secondary N) is 1. The van der Waals surface area contributed by atoms with E-state index in [-0.39, 0.29) is 12.6 Å². The summed E-state index contributed by atoms with van der Waals surface area (Å²) in [7, 11) is -0.768. The van der Waals surface area contributed by atoms with Crippen molar-refractivity contribution in [3.8, 4) is 0 Å². The van der Waals surface area contributed by atoms with Crippen molar-refractivity contribution in [2.24, 2.45) is 5.92 Å². The van der Waals surface area contributed by atoms with Gasteiger partial charge < -0.3 is 23.8 Å². The van der Waals surface area contributed by atoms with Crippen LogP contribution in [0, 0.1) is 5.92 Å². The van der Waals surface area contributed by atoms with E-state index in [2.05, 4.69) is 5.32 Å². The van der Waals surface area contributed by atoms with Gasteiger partial charge in [-0.15, -0.1) is 0 Å². The van der Waals surface area contributed by atoms with Gasteiger partial charge in [-0.25, -0.2) is 9.59 Å². The maximum Gasteiger partial charge on any atom is 0.408 e. The van der Waals surface area contributed by atoms with Gasteiger partial charge in [0.15, 0.2) is 0 Å². The van der Waals surface area contributed by atoms with E-state index in [0.29, 0.717) is 0 Å². The van der Waals surface area contributed by atoms with Crippen LogP contribution in [0.3, 0.4) is 0 Å². The molecular formula is C16H30NO7P. The highest BCUT2D eigenvalue weighted by molar-refractivity contribution is 7.53. The van der Waals surface area contributed by atoms with Crippen LogP contribution < -0.4 is 5.32 Å². The Morgan fingerprint density at radius 2 is 1.52 bits per heavy atom. The lowest BCUT2D eigenvalue weighted by molar-refractivity contribution is -0.159. The van der Waals surface area contributed by atoms with Gasteiger partial charge in [0.25, 0.3) is 0 Å². The molecule has 0 aliphatic heterocycles. The minimum Gasteiger partial charge on any atom is -0.458 e. The van der Waals surface area contributed by atoms with Crippen molar-refractivity contribution in [2.45, 2.75) is 64.7 Å². The van der Waals surface area contributed by atoms with Crippen LogP contribution in [0.2, 0.25) is 0 Å². The molecule has 0 aromatic heterocycles. The standard InChI is InChI=1S/C16H30NO7P/c1-14(2,3)23-12(18)16(17-13(19)24-15(4,5)6)9-11(16)10-25(20,21-7)22-8/h11H,9-10H2,1-8H3,(H,17,19)/t11-,16-/m0/s1. The number of carbonyl (C=O) groups is 2. The molecule has 0 radical (unpaired) electrons. The molecule has 0 aromatic carbocycles. The molecule has 9 heteroatoms. The Morgan fingerprint density at radius 3 is 1.92 bits per heavy atom. The van der Waals surface area contributed by atoms with Gasteiger partial charge in [0.1, 0.15) is 16.7 Å². The maximum absolute atomic E-state index is 12.7. The van der Waals surface area contributed by atoms with E-state index >= 15 is 0 Å². The number of ether oxygens (including phenoxy) is 2. The fraction of sp³-hybridized carbons (Fsp3) is 0.875. The number of amides is 1. The van der Waals surface area contributed by atoms with Crippen LogP contribution in [0.5, 0.6) is 0 Å². The zero-order valence-corrected chi connectivity index (χ0v) is 17.2. The molecule has 0 saturated heterocycles. The SMILES string of the molecule is COP(=O)(C[C@@H]1C[C@@]1(NC(=O)OC(C)(C)C)C(=O)OC(C)(C)C)OC. The molecule has 1 fully saturated rings. The lowest BCUT2D eigenvalue weighted by Crippen LogP contribution is -2.49. The smallest absolute Gasteiger partial charge is 0.408 e. The van der Waals surface area contributed by atoms with Crippen molar-refractivity contribution >= 4 is 19.7 Å². The summed E-state index contributed by atoms with van der Waals surface area (Å²) in [4.78, 5) is 24.8. The van der Waals surface area contributed by atoms with E-state index in [4.69, 9.17) is 18.5 Å². The molecule has 1 aliphatic carbocycles. The number of carbonyl (C=O) groups excluding carboxylic acids is 2. The lowest BCUT2D eigenvalue weighted by atomic mass is 10.1. The number of hydrogen-bond acceptors (Lipinski definition) is 7. The quantitative estimate of drug-likeness (QED) is 0.559. The van der Waals surface area contributed by atoms with E-state index in [9.17, 15) is 14.2 Å². The van der Waals surface area contributed by atoms with Gasteiger partial charge in [-0.05, 0) is 48.0 Å². The van der Waals surface area contributed by atoms with Gasteiger partial charge >= 0.3 is 19.7 Å². The normalized spacial score (nSPS) is 23.8. The molecule has 2 atom stereocenters. The van der Waals surface area contributed by atoms with E-state index in [0.717, 1.165) is 0 Å². The predicted molar refractivity (Wildman–Crippen MR) is 92.5 cm³/mol. The third-order valence-corrected chi connectivity index (χ3v) is 5.59. The van der Waals surface area contributed by atoms with Crippen LogP contribution in [0.1, 0.15) is 48.0 Å². The predicted octanol–water partition coefficient (Wildman–Crippen LogP) is 3.10. The topological polar surface area (TPSA) is 100 Å². The lowest BCUT2D eigenvalue weighted by Gasteiger charge is -2.27. The molecule has 0 heterocycles. The largest absolute Gasteiger partial charge is 0.458 e. The minimum absolute atomic E-state index is 0.00492. The molecule has 1 N–H and O–H groups in total. The highest BCUT2D eigenvalue weighted by atomic mass is 31.2. The first kappa shape index (κ1) is 21.9. The van der Waals surface area contributed by atoms with Crippen molar-refractivity contribution in [3.63, 3.8) is 0 Å². The highest BCUT2D eigenvalue weighted by Gasteiger charge is 2.65. The number of hydrogen-bond donors (Lipinski definition) is 1. The summed E-state index contributed by atoms with van der Waals surface area (Å²) in [5.41, 5.74) is -2.72. The summed E-state index contributed by atoms with van der Waals surface area (Å²) in [6, 6.07) is 0. The van der Waals surface area contributed by atoms with Crippen LogP contribution in [-0.4, -0.2) is 49.2 Å². The molecule has 0 spiro atoms. The van der Waals surface area contributed by atoms with E-state index in [1.165, 1.54) is 14.2 Å². The Labute approximate surface area is 149 Å². The molecule has 0 aromatic rings. The van der Waals surface area contributed by atoms with Gasteiger partial charge in [-0.2, -0.15) is 0 Å². The first-order valence-electron chi connectivity index (χ1n) is 8.11. The molecule has 0 unspecified atom stereocenters. The van der Waals surface area contributed by atoms with Crippen LogP contribution >= 0.6 is 7.60 Å². The summed E-state index contributed by atoms with van der Waals surface area (Å²) in [5.74, 6) is -1.02. The Kier molecular flexibility index (Phi) is 6.36. The zero-order chi connectivity index (χ0) is 19.7. The zero-order valence-electron chi connectivity index (χ0n) is 16.3. The van der Waals surface area contributed by atoms with Gasteiger partial charge in [-0.3, -0.25) is 4.57 Å². The number of esters is 1. The van der Waals surface area contributed by atoms with Crippen molar-refractivity contribution in [2.75, 3.05) is 20.4 Å². The third-order valence-electron chi connectivity index (χ3n) is 3.59. The van der Waals surface area contributed by atoms with Gasteiger partial charge in [0.2, 0.25) is 0 Å². The van der Waals surface area contributed by atoms with Crippen LogP contribution in [-0.2, 0) is 27.9 Å². The molecule has 1 aliphatic rings. The molecule has 25 heavy (non-hydrogen) atoms. The highest BCUT2D eigenvalue weighted by Crippen LogP contribution is 2.57. The summed E-state index contributed by atoms with van der Waals surface area (Å²) in [6.07, 6.45) is -0.460. The second kappa shape index (κ2) is 7.25. The Balaban J connectivity index is 2.96. The van der Waals surface area contributed by atoms with E-state index in [1.54, 1.807) is 41.5 Å².